The number of nitrogen functional groups attached to an aromatic ring is 1. The molecule has 0 radical (unpaired) electrons. The van der Waals surface area contributed by atoms with Gasteiger partial charge < -0.3 is 31.2 Å². The summed E-state index contributed by atoms with van der Waals surface area (Å²) in [7, 11) is 0. The van der Waals surface area contributed by atoms with Gasteiger partial charge in [0.2, 0.25) is 5.60 Å². The number of oxime groups is 1. The number of thioether (sulfide) groups is 1. The van der Waals surface area contributed by atoms with Crippen LogP contribution in [0.4, 0.5) is 5.13 Å². The van der Waals surface area contributed by atoms with Crippen molar-refractivity contribution in [3.05, 3.63) is 46.1 Å². The normalized spacial score (nSPS) is 18.3. The maximum atomic E-state index is 13.3. The number of nitrogens with one attached hydrogen (secondary N) is 3. The Kier molecular flexibility index (Phi) is 9.02. The number of amides is 4. The van der Waals surface area contributed by atoms with Crippen molar-refractivity contribution >= 4 is 75.1 Å². The Morgan fingerprint density at radius 1 is 1.23 bits per heavy atom. The number of aliphatic carboxylic acids is 1. The Hall–Kier alpha value is -4.55. The Balaban J connectivity index is 1.46. The number of phenolic OH excluding ortho intramolecular Hbond substituents is 2. The van der Waals surface area contributed by atoms with Gasteiger partial charge in [-0.25, -0.2) is 9.78 Å². The molecule has 1 aromatic carbocycles. The molecular formula is C24H24ClN7O9S2. The molecule has 0 saturated carbocycles. The number of nitrogens with zero attached hydrogens (tertiary/aromatic N) is 3. The van der Waals surface area contributed by atoms with Crippen LogP contribution in [0.25, 0.3) is 0 Å². The number of carbonyl (C=O) groups excluding carboxylic acids is 4. The number of nitrogens with two attached hydrogens (primary N) is 1. The highest BCUT2D eigenvalue weighted by atomic mass is 35.5. The third-order valence-corrected chi connectivity index (χ3v) is 8.45. The molecule has 4 rings (SSSR count). The summed E-state index contributed by atoms with van der Waals surface area (Å²) >= 11 is 8.07. The lowest BCUT2D eigenvalue weighted by atomic mass is 10.0. The Labute approximate surface area is 255 Å². The molecule has 2 unspecified atom stereocenters. The number of alkyl halides is 1. The van der Waals surface area contributed by atoms with Crippen molar-refractivity contribution < 1.29 is 44.1 Å². The fraction of sp³-hybridized carbons (Fsp3) is 0.292. The molecule has 2 aromatic rings. The number of hydrazine groups is 1. The van der Waals surface area contributed by atoms with E-state index >= 15 is 0 Å². The molecular weight excluding hydrogens is 630 g/mol. The number of β-lactam (4-membered cyclic amide) rings is 1. The van der Waals surface area contributed by atoms with E-state index in [2.05, 4.69) is 26.3 Å². The molecule has 2 aliphatic heterocycles. The molecule has 0 aliphatic carbocycles. The molecule has 8 N–H and O–H groups in total. The van der Waals surface area contributed by atoms with E-state index < -0.39 is 63.8 Å². The smallest absolute Gasteiger partial charge is 0.352 e. The third kappa shape index (κ3) is 6.45. The molecule has 228 valence electrons. The molecule has 1 aromatic heterocycles. The number of rotatable bonds is 9. The van der Waals surface area contributed by atoms with Gasteiger partial charge in [-0.15, -0.1) is 34.7 Å². The number of phenols is 2. The average molecular weight is 654 g/mol. The Bertz CT molecular complexity index is 1580. The summed E-state index contributed by atoms with van der Waals surface area (Å²) in [6.07, 6.45) is 0. The van der Waals surface area contributed by atoms with E-state index in [4.69, 9.17) is 22.2 Å². The number of carboxylic acids is 1. The lowest BCUT2D eigenvalue weighted by Gasteiger charge is -2.49. The van der Waals surface area contributed by atoms with Gasteiger partial charge in [-0.1, -0.05) is 5.16 Å². The van der Waals surface area contributed by atoms with E-state index in [1.54, 1.807) is 0 Å². The van der Waals surface area contributed by atoms with Crippen molar-refractivity contribution in [2.45, 2.75) is 30.9 Å². The summed E-state index contributed by atoms with van der Waals surface area (Å²) in [5.74, 6) is -5.41. The monoisotopic (exact) mass is 653 g/mol. The number of aromatic hydroxyl groups is 2. The van der Waals surface area contributed by atoms with Crippen molar-refractivity contribution in [2.75, 3.05) is 17.4 Å². The van der Waals surface area contributed by atoms with Crippen LogP contribution < -0.4 is 21.9 Å². The second-order valence-corrected chi connectivity index (χ2v) is 11.7. The molecule has 1 saturated heterocycles. The summed E-state index contributed by atoms with van der Waals surface area (Å²) in [5, 5.41) is 35.7. The van der Waals surface area contributed by atoms with Crippen LogP contribution in [0, 0.1) is 0 Å². The largest absolute Gasteiger partial charge is 0.504 e. The van der Waals surface area contributed by atoms with Crippen molar-refractivity contribution in [1.82, 2.24) is 26.1 Å². The van der Waals surface area contributed by atoms with Gasteiger partial charge in [-0.05, 0) is 37.6 Å². The molecule has 0 bridgehead atoms. The van der Waals surface area contributed by atoms with Crippen LogP contribution in [0.1, 0.15) is 29.9 Å². The van der Waals surface area contributed by atoms with Crippen LogP contribution in [-0.4, -0.2) is 89.2 Å². The van der Waals surface area contributed by atoms with Crippen molar-refractivity contribution in [3.63, 3.8) is 0 Å². The van der Waals surface area contributed by atoms with E-state index in [0.29, 0.717) is 5.57 Å². The van der Waals surface area contributed by atoms with Gasteiger partial charge in [0.05, 0.1) is 0 Å². The molecule has 19 heteroatoms. The van der Waals surface area contributed by atoms with Crippen LogP contribution in [0.3, 0.4) is 0 Å². The van der Waals surface area contributed by atoms with Crippen LogP contribution in [0.15, 0.2) is 40.0 Å². The fourth-order valence-electron chi connectivity index (χ4n) is 3.80. The van der Waals surface area contributed by atoms with E-state index in [0.717, 1.165) is 28.4 Å². The molecule has 1 fully saturated rings. The number of fused-ring (bicyclic) bond motifs is 1. The van der Waals surface area contributed by atoms with Gasteiger partial charge in [-0.3, -0.25) is 34.9 Å². The quantitative estimate of drug-likeness (QED) is 0.0625. The predicted molar refractivity (Wildman–Crippen MR) is 154 cm³/mol. The number of hydrogen-bond acceptors (Lipinski definition) is 13. The molecule has 4 amide bonds. The summed E-state index contributed by atoms with van der Waals surface area (Å²) in [6, 6.07) is 2.18. The van der Waals surface area contributed by atoms with Gasteiger partial charge in [0.25, 0.3) is 23.6 Å². The Morgan fingerprint density at radius 3 is 2.56 bits per heavy atom. The molecule has 43 heavy (non-hydrogen) atoms. The van der Waals surface area contributed by atoms with Crippen LogP contribution in [-0.2, 0) is 24.0 Å². The zero-order valence-electron chi connectivity index (χ0n) is 22.3. The van der Waals surface area contributed by atoms with Gasteiger partial charge in [0.1, 0.15) is 22.8 Å². The average Bonchev–Trinajstić information content (AvgIpc) is 3.40. The second kappa shape index (κ2) is 12.4. The fourth-order valence-corrected chi connectivity index (χ4v) is 6.03. The highest BCUT2D eigenvalue weighted by molar-refractivity contribution is 8.00. The lowest BCUT2D eigenvalue weighted by molar-refractivity contribution is -0.150. The van der Waals surface area contributed by atoms with Gasteiger partial charge in [0.15, 0.2) is 22.3 Å². The number of thiazole rings is 1. The highest BCUT2D eigenvalue weighted by Crippen LogP contribution is 2.40. The number of carboxylic acid groups (broad SMARTS) is 1. The van der Waals surface area contributed by atoms with Crippen LogP contribution in [0.2, 0.25) is 0 Å². The number of anilines is 1. The first kappa shape index (κ1) is 31.4. The summed E-state index contributed by atoms with van der Waals surface area (Å²) < 4.78 is 0. The van der Waals surface area contributed by atoms with Crippen molar-refractivity contribution in [1.29, 1.82) is 0 Å². The minimum Gasteiger partial charge on any atom is -0.504 e. The van der Waals surface area contributed by atoms with Gasteiger partial charge in [-0.2, -0.15) is 0 Å². The zero-order chi connectivity index (χ0) is 31.6. The van der Waals surface area contributed by atoms with E-state index in [1.165, 1.54) is 37.1 Å². The molecule has 16 nitrogen and oxygen atoms in total. The number of halogens is 1. The number of benzene rings is 1. The topological polar surface area (TPSA) is 246 Å². The first-order chi connectivity index (χ1) is 20.2. The van der Waals surface area contributed by atoms with Crippen molar-refractivity contribution in [2.24, 2.45) is 5.16 Å². The maximum Gasteiger partial charge on any atom is 0.352 e. The van der Waals surface area contributed by atoms with E-state index in [1.807, 2.05) is 0 Å². The van der Waals surface area contributed by atoms with Crippen LogP contribution in [0.5, 0.6) is 11.5 Å². The molecule has 3 heterocycles. The minimum atomic E-state index is -1.78. The summed E-state index contributed by atoms with van der Waals surface area (Å²) in [6.45, 7) is 2.57. The predicted octanol–water partition coefficient (Wildman–Crippen LogP) is 0.0744. The number of carbonyl (C=O) groups is 5. The third-order valence-electron chi connectivity index (χ3n) is 6.12. The van der Waals surface area contributed by atoms with E-state index in [-0.39, 0.29) is 33.7 Å². The van der Waals surface area contributed by atoms with Crippen molar-refractivity contribution in [3.8, 4) is 11.5 Å². The van der Waals surface area contributed by atoms with Gasteiger partial charge in [0, 0.05) is 22.6 Å². The first-order valence-corrected chi connectivity index (χ1v) is 14.6. The van der Waals surface area contributed by atoms with Crippen LogP contribution >= 0.6 is 34.7 Å². The lowest BCUT2D eigenvalue weighted by Crippen LogP contribution is -2.71. The van der Waals surface area contributed by atoms with Gasteiger partial charge >= 0.3 is 5.97 Å². The SMILES string of the molecule is CC(C)(O/N=C(/C(=O)NC1C(=O)N2C(C(=O)O)=C(CCl)CSC12)c1csc(N)n1)C(=O)NNC(=O)c1ccc(O)c(O)c1. The highest BCUT2D eigenvalue weighted by Gasteiger charge is 2.54. The summed E-state index contributed by atoms with van der Waals surface area (Å²) in [5.41, 5.74) is 7.82. The van der Waals surface area contributed by atoms with E-state index in [9.17, 15) is 39.3 Å². The minimum absolute atomic E-state index is 0.0212. The number of aromatic nitrogens is 1. The second-order valence-electron chi connectivity index (χ2n) is 9.48. The molecule has 2 atom stereocenters. The first-order valence-electron chi connectivity index (χ1n) is 12.1. The number of hydrogen-bond donors (Lipinski definition) is 7. The standard InChI is InChI=1S/C24H24ClN7O9S2/c1-24(2,22(40)30-29-17(35)9-3-4-12(33)13(34)5-9)41-31-14(11-8-43-23(26)27-11)18(36)28-15-19(37)32-16(21(38)39)10(6-25)7-42-20(15)32/h3-5,8,15,20,33-34H,6-7H2,1-2H3,(H2,26,27)(H,28,36)(H,29,35)(H,30,40)(H,38,39)/b31-14+. The molecule has 2 aliphatic rings. The molecule has 0 spiro atoms. The maximum absolute atomic E-state index is 13.3. The summed E-state index contributed by atoms with van der Waals surface area (Å²) in [4.78, 5) is 73.5. The zero-order valence-corrected chi connectivity index (χ0v) is 24.7. The Morgan fingerprint density at radius 2 is 1.95 bits per heavy atom.